The molecule has 0 saturated heterocycles. The van der Waals surface area contributed by atoms with Gasteiger partial charge in [-0.15, -0.1) is 0 Å². The summed E-state index contributed by atoms with van der Waals surface area (Å²) < 4.78 is 37.8. The summed E-state index contributed by atoms with van der Waals surface area (Å²) in [6.45, 7) is 1.63. The standard InChI is InChI=1S/C12H9F3N2/c1-8(17)2-3-9-4-5-10(7-16)11(6-9)12(13,14)15/h4-6,8H,17H2,1H3. The van der Waals surface area contributed by atoms with Crippen molar-refractivity contribution in [2.45, 2.75) is 19.1 Å². The smallest absolute Gasteiger partial charge is 0.318 e. The van der Waals surface area contributed by atoms with Gasteiger partial charge in [0.15, 0.2) is 0 Å². The van der Waals surface area contributed by atoms with Gasteiger partial charge in [-0.05, 0) is 25.1 Å². The van der Waals surface area contributed by atoms with Crippen LogP contribution in [0.25, 0.3) is 0 Å². The minimum atomic E-state index is -4.56. The predicted molar refractivity (Wildman–Crippen MR) is 56.7 cm³/mol. The van der Waals surface area contributed by atoms with Gasteiger partial charge in [-0.2, -0.15) is 18.4 Å². The molecule has 2 nitrogen and oxygen atoms in total. The van der Waals surface area contributed by atoms with Crippen LogP contribution in [0.1, 0.15) is 23.6 Å². The van der Waals surface area contributed by atoms with Gasteiger partial charge in [-0.25, -0.2) is 0 Å². The van der Waals surface area contributed by atoms with Crippen LogP contribution < -0.4 is 5.73 Å². The Morgan fingerprint density at radius 1 is 1.35 bits per heavy atom. The molecule has 0 heterocycles. The van der Waals surface area contributed by atoms with E-state index in [1.165, 1.54) is 12.1 Å². The lowest BCUT2D eigenvalue weighted by Gasteiger charge is -2.08. The molecule has 88 valence electrons. The van der Waals surface area contributed by atoms with Crippen molar-refractivity contribution in [1.29, 1.82) is 5.26 Å². The summed E-state index contributed by atoms with van der Waals surface area (Å²) in [5.41, 5.74) is 4.17. The average Bonchev–Trinajstić information content (AvgIpc) is 2.24. The third-order valence-electron chi connectivity index (χ3n) is 1.89. The van der Waals surface area contributed by atoms with Crippen LogP contribution >= 0.6 is 0 Å². The van der Waals surface area contributed by atoms with Gasteiger partial charge in [0.2, 0.25) is 0 Å². The molecule has 1 unspecified atom stereocenters. The van der Waals surface area contributed by atoms with Gasteiger partial charge in [0.25, 0.3) is 0 Å². The highest BCUT2D eigenvalue weighted by Gasteiger charge is 2.33. The molecule has 1 aromatic rings. The molecule has 2 N–H and O–H groups in total. The topological polar surface area (TPSA) is 49.8 Å². The van der Waals surface area contributed by atoms with Crippen LogP contribution in [0.4, 0.5) is 13.2 Å². The van der Waals surface area contributed by atoms with E-state index >= 15 is 0 Å². The van der Waals surface area contributed by atoms with Gasteiger partial charge in [0, 0.05) is 5.56 Å². The van der Waals surface area contributed by atoms with E-state index in [2.05, 4.69) is 11.8 Å². The largest absolute Gasteiger partial charge is 0.417 e. The first-order valence-corrected chi connectivity index (χ1v) is 4.73. The molecular weight excluding hydrogens is 229 g/mol. The minimum absolute atomic E-state index is 0.189. The number of nitrogens with zero attached hydrogens (tertiary/aromatic N) is 1. The Morgan fingerprint density at radius 2 is 2.00 bits per heavy atom. The summed E-state index contributed by atoms with van der Waals surface area (Å²) in [7, 11) is 0. The summed E-state index contributed by atoms with van der Waals surface area (Å²) in [4.78, 5) is 0. The van der Waals surface area contributed by atoms with Crippen molar-refractivity contribution in [2.24, 2.45) is 5.73 Å². The SMILES string of the molecule is CC(N)C#Cc1ccc(C#N)c(C(F)(F)F)c1. The Hall–Kier alpha value is -1.98. The lowest BCUT2D eigenvalue weighted by Crippen LogP contribution is -2.11. The van der Waals surface area contributed by atoms with Gasteiger partial charge < -0.3 is 5.73 Å². The molecule has 1 aromatic carbocycles. The Balaban J connectivity index is 3.26. The van der Waals surface area contributed by atoms with Gasteiger partial charge >= 0.3 is 6.18 Å². The molecule has 0 fully saturated rings. The molecule has 0 saturated carbocycles. The van der Waals surface area contributed by atoms with Crippen LogP contribution in [-0.4, -0.2) is 6.04 Å². The molecule has 17 heavy (non-hydrogen) atoms. The van der Waals surface area contributed by atoms with E-state index in [1.54, 1.807) is 6.92 Å². The maximum atomic E-state index is 12.6. The van der Waals surface area contributed by atoms with Crippen molar-refractivity contribution < 1.29 is 13.2 Å². The minimum Gasteiger partial charge on any atom is -0.318 e. The molecule has 0 aliphatic rings. The number of benzene rings is 1. The second-order valence-corrected chi connectivity index (χ2v) is 3.43. The van der Waals surface area contributed by atoms with Gasteiger partial charge in [0.1, 0.15) is 0 Å². The Labute approximate surface area is 96.8 Å². The Kier molecular flexibility index (Phi) is 3.77. The zero-order valence-electron chi connectivity index (χ0n) is 8.97. The van der Waals surface area contributed by atoms with Crippen molar-refractivity contribution in [3.63, 3.8) is 0 Å². The fourth-order valence-electron chi connectivity index (χ4n) is 1.15. The maximum Gasteiger partial charge on any atom is 0.417 e. The highest BCUT2D eigenvalue weighted by Crippen LogP contribution is 2.32. The van der Waals surface area contributed by atoms with Crippen LogP contribution in [0.5, 0.6) is 0 Å². The number of alkyl halides is 3. The molecule has 0 aliphatic heterocycles. The first-order valence-electron chi connectivity index (χ1n) is 4.73. The van der Waals surface area contributed by atoms with Crippen molar-refractivity contribution >= 4 is 0 Å². The van der Waals surface area contributed by atoms with Crippen molar-refractivity contribution in [3.8, 4) is 17.9 Å². The van der Waals surface area contributed by atoms with E-state index in [0.29, 0.717) is 0 Å². The maximum absolute atomic E-state index is 12.6. The average molecular weight is 238 g/mol. The third-order valence-corrected chi connectivity index (χ3v) is 1.89. The quantitative estimate of drug-likeness (QED) is 0.705. The highest BCUT2D eigenvalue weighted by atomic mass is 19.4. The van der Waals surface area contributed by atoms with Crippen LogP contribution in [0.15, 0.2) is 18.2 Å². The Morgan fingerprint density at radius 3 is 2.47 bits per heavy atom. The van der Waals surface area contributed by atoms with Crippen LogP contribution in [0, 0.1) is 23.2 Å². The van der Waals surface area contributed by atoms with E-state index in [0.717, 1.165) is 12.1 Å². The second kappa shape index (κ2) is 4.90. The number of nitrogens with two attached hydrogens (primary N) is 1. The number of hydrogen-bond acceptors (Lipinski definition) is 2. The normalized spacial score (nSPS) is 12.2. The third kappa shape index (κ3) is 3.51. The zero-order valence-corrected chi connectivity index (χ0v) is 8.97. The summed E-state index contributed by atoms with van der Waals surface area (Å²) >= 11 is 0. The Bertz CT molecular complexity index is 513. The van der Waals surface area contributed by atoms with Crippen LogP contribution in [0.2, 0.25) is 0 Å². The van der Waals surface area contributed by atoms with Gasteiger partial charge in [-0.3, -0.25) is 0 Å². The monoisotopic (exact) mass is 238 g/mol. The molecule has 0 radical (unpaired) electrons. The zero-order chi connectivity index (χ0) is 13.1. The molecule has 1 atom stereocenters. The first kappa shape index (κ1) is 13.1. The molecule has 0 bridgehead atoms. The van der Waals surface area contributed by atoms with Crippen molar-refractivity contribution in [3.05, 3.63) is 34.9 Å². The lowest BCUT2D eigenvalue weighted by molar-refractivity contribution is -0.137. The number of halogens is 3. The number of rotatable bonds is 0. The van der Waals surface area contributed by atoms with E-state index in [4.69, 9.17) is 11.0 Å². The molecule has 1 rings (SSSR count). The first-order chi connectivity index (χ1) is 7.84. The summed E-state index contributed by atoms with van der Waals surface area (Å²) in [5, 5.41) is 8.58. The van der Waals surface area contributed by atoms with Crippen molar-refractivity contribution in [2.75, 3.05) is 0 Å². The molecule has 5 heteroatoms. The molecular formula is C12H9F3N2. The predicted octanol–water partition coefficient (Wildman–Crippen LogP) is 2.28. The summed E-state index contributed by atoms with van der Waals surface area (Å²) in [6.07, 6.45) is -4.56. The van der Waals surface area contributed by atoms with Crippen LogP contribution in [0.3, 0.4) is 0 Å². The highest BCUT2D eigenvalue weighted by molar-refractivity contribution is 5.47. The van der Waals surface area contributed by atoms with E-state index in [9.17, 15) is 13.2 Å². The molecule has 0 spiro atoms. The lowest BCUT2D eigenvalue weighted by atomic mass is 10.0. The van der Waals surface area contributed by atoms with Gasteiger partial charge in [0.05, 0.1) is 23.2 Å². The van der Waals surface area contributed by atoms with E-state index < -0.39 is 23.3 Å². The summed E-state index contributed by atoms with van der Waals surface area (Å²) in [5.74, 6) is 5.08. The molecule has 0 amide bonds. The van der Waals surface area contributed by atoms with E-state index in [1.807, 2.05) is 0 Å². The van der Waals surface area contributed by atoms with Crippen LogP contribution in [-0.2, 0) is 6.18 Å². The molecule has 0 aliphatic carbocycles. The van der Waals surface area contributed by atoms with Crippen molar-refractivity contribution in [1.82, 2.24) is 0 Å². The fourth-order valence-corrected chi connectivity index (χ4v) is 1.15. The number of hydrogen-bond donors (Lipinski definition) is 1. The fraction of sp³-hybridized carbons (Fsp3) is 0.250. The molecule has 0 aromatic heterocycles. The second-order valence-electron chi connectivity index (χ2n) is 3.43. The summed E-state index contributed by atoms with van der Waals surface area (Å²) in [6, 6.07) is 4.41. The number of nitriles is 1. The van der Waals surface area contributed by atoms with E-state index in [-0.39, 0.29) is 5.56 Å². The van der Waals surface area contributed by atoms with Gasteiger partial charge in [-0.1, -0.05) is 11.8 Å².